The molecule has 0 spiro atoms. The smallest absolute Gasteiger partial charge is 0.206 e. The number of hydrogen-bond acceptors (Lipinski definition) is 3. The van der Waals surface area contributed by atoms with E-state index in [1.54, 1.807) is 24.3 Å². The lowest BCUT2D eigenvalue weighted by atomic mass is 9.96. The van der Waals surface area contributed by atoms with E-state index in [1.807, 2.05) is 73.5 Å². The molecule has 0 aliphatic heterocycles. The first-order valence-corrected chi connectivity index (χ1v) is 8.25. The van der Waals surface area contributed by atoms with Gasteiger partial charge in [-0.05, 0) is 19.1 Å². The van der Waals surface area contributed by atoms with Crippen LogP contribution in [0.4, 0.5) is 5.69 Å². The van der Waals surface area contributed by atoms with E-state index in [2.05, 4.69) is 4.99 Å². The lowest BCUT2D eigenvalue weighted by molar-refractivity contribution is 0.104. The van der Waals surface area contributed by atoms with Gasteiger partial charge in [0.2, 0.25) is 5.78 Å². The molecule has 0 atom stereocenters. The number of aryl methyl sites for hydroxylation is 1. The third-order valence-electron chi connectivity index (χ3n) is 3.92. The van der Waals surface area contributed by atoms with Gasteiger partial charge in [0.15, 0.2) is 0 Å². The van der Waals surface area contributed by atoms with E-state index in [-0.39, 0.29) is 5.57 Å². The molecule has 0 saturated heterocycles. The Morgan fingerprint density at radius 1 is 0.769 bits per heavy atom. The third-order valence-corrected chi connectivity index (χ3v) is 3.92. The minimum Gasteiger partial charge on any atom is -0.288 e. The highest BCUT2D eigenvalue weighted by Gasteiger charge is 2.21. The summed E-state index contributed by atoms with van der Waals surface area (Å²) in [6.07, 6.45) is 0. The van der Waals surface area contributed by atoms with Gasteiger partial charge in [0, 0.05) is 11.1 Å². The fourth-order valence-corrected chi connectivity index (χ4v) is 2.55. The van der Waals surface area contributed by atoms with Gasteiger partial charge >= 0.3 is 0 Å². The molecule has 0 unspecified atom stereocenters. The Kier molecular flexibility index (Phi) is 5.33. The van der Waals surface area contributed by atoms with E-state index in [4.69, 9.17) is 0 Å². The summed E-state index contributed by atoms with van der Waals surface area (Å²) in [5, 5.41) is 0. The van der Waals surface area contributed by atoms with Gasteiger partial charge in [0.25, 0.3) is 0 Å². The zero-order chi connectivity index (χ0) is 18.4. The second-order valence-electron chi connectivity index (χ2n) is 5.83. The zero-order valence-corrected chi connectivity index (χ0v) is 14.3. The number of Topliss-reactive ketones (excluding diaryl/α,β-unsaturated/α-hetero) is 1. The van der Waals surface area contributed by atoms with Crippen molar-refractivity contribution in [2.24, 2.45) is 4.99 Å². The number of ketones is 1. The van der Waals surface area contributed by atoms with Crippen LogP contribution >= 0.6 is 0 Å². The van der Waals surface area contributed by atoms with Crippen LogP contribution in [0, 0.1) is 6.92 Å². The van der Waals surface area contributed by atoms with Crippen molar-refractivity contribution in [2.75, 3.05) is 0 Å². The molecule has 3 nitrogen and oxygen atoms in total. The van der Waals surface area contributed by atoms with E-state index in [9.17, 15) is 9.59 Å². The van der Waals surface area contributed by atoms with Crippen LogP contribution in [0.25, 0.3) is 0 Å². The fourth-order valence-electron chi connectivity index (χ4n) is 2.55. The van der Waals surface area contributed by atoms with Crippen LogP contribution in [0.2, 0.25) is 0 Å². The lowest BCUT2D eigenvalue weighted by Gasteiger charge is -2.08. The molecule has 0 heterocycles. The van der Waals surface area contributed by atoms with Gasteiger partial charge in [-0.25, -0.2) is 9.79 Å². The molecular formula is C23H17NO2. The van der Waals surface area contributed by atoms with Crippen LogP contribution in [-0.2, 0) is 4.79 Å². The quantitative estimate of drug-likeness (QED) is 0.291. The average molecular weight is 339 g/mol. The Morgan fingerprint density at radius 3 is 1.85 bits per heavy atom. The van der Waals surface area contributed by atoms with Crippen LogP contribution in [0.3, 0.4) is 0 Å². The SMILES string of the molecule is Cc1ccc(N=C(C(=C=O)C(=O)c2ccccc2)c2ccccc2)cc1. The molecule has 3 aromatic rings. The second kappa shape index (κ2) is 8.02. The van der Waals surface area contributed by atoms with Gasteiger partial charge in [-0.15, -0.1) is 0 Å². The molecule has 0 radical (unpaired) electrons. The molecule has 3 aromatic carbocycles. The van der Waals surface area contributed by atoms with Crippen molar-refractivity contribution in [1.29, 1.82) is 0 Å². The minimum absolute atomic E-state index is 0.0806. The molecule has 0 amide bonds. The number of carbonyl (C=O) groups excluding carboxylic acids is 2. The normalized spacial score (nSPS) is 10.9. The molecular weight excluding hydrogens is 322 g/mol. The van der Waals surface area contributed by atoms with Crippen LogP contribution < -0.4 is 0 Å². The highest BCUT2D eigenvalue weighted by atomic mass is 16.1. The van der Waals surface area contributed by atoms with Crippen LogP contribution in [0.15, 0.2) is 95.5 Å². The molecule has 0 aromatic heterocycles. The number of allylic oxidation sites excluding steroid dienone is 1. The predicted octanol–water partition coefficient (Wildman–Crippen LogP) is 4.76. The number of nitrogens with zero attached hydrogens (tertiary/aromatic N) is 1. The highest BCUT2D eigenvalue weighted by molar-refractivity contribution is 6.37. The van der Waals surface area contributed by atoms with Crippen LogP contribution in [0.1, 0.15) is 21.5 Å². The van der Waals surface area contributed by atoms with Crippen molar-refractivity contribution in [3.05, 3.63) is 107 Å². The van der Waals surface area contributed by atoms with Gasteiger partial charge in [0.1, 0.15) is 11.5 Å². The first kappa shape index (κ1) is 17.3. The maximum atomic E-state index is 12.9. The van der Waals surface area contributed by atoms with Crippen LogP contribution in [-0.4, -0.2) is 17.4 Å². The van der Waals surface area contributed by atoms with Crippen molar-refractivity contribution >= 4 is 23.1 Å². The van der Waals surface area contributed by atoms with Gasteiger partial charge in [-0.1, -0.05) is 78.4 Å². The maximum absolute atomic E-state index is 12.9. The average Bonchev–Trinajstić information content (AvgIpc) is 2.70. The molecule has 0 aliphatic carbocycles. The molecule has 0 saturated carbocycles. The topological polar surface area (TPSA) is 46.5 Å². The summed E-state index contributed by atoms with van der Waals surface area (Å²) in [6, 6.07) is 25.5. The number of rotatable bonds is 5. The van der Waals surface area contributed by atoms with Gasteiger partial charge in [-0.3, -0.25) is 4.79 Å². The van der Waals surface area contributed by atoms with E-state index >= 15 is 0 Å². The third kappa shape index (κ3) is 3.92. The van der Waals surface area contributed by atoms with Gasteiger partial charge in [-0.2, -0.15) is 0 Å². The summed E-state index contributed by atoms with van der Waals surface area (Å²) in [6.45, 7) is 1.99. The summed E-state index contributed by atoms with van der Waals surface area (Å²) < 4.78 is 0. The van der Waals surface area contributed by atoms with E-state index in [1.165, 1.54) is 0 Å². The van der Waals surface area contributed by atoms with Crippen molar-refractivity contribution < 1.29 is 9.59 Å². The number of carbonyl (C=O) groups is 1. The standard InChI is InChI=1S/C23H17NO2/c1-17-12-14-20(15-13-17)24-22(18-8-4-2-5-9-18)21(16-25)23(26)19-10-6-3-7-11-19/h2-15H,1H3. The van der Waals surface area contributed by atoms with E-state index in [0.717, 1.165) is 5.56 Å². The molecule has 3 heteroatoms. The van der Waals surface area contributed by atoms with Crippen molar-refractivity contribution in [2.45, 2.75) is 6.92 Å². The summed E-state index contributed by atoms with van der Waals surface area (Å²) >= 11 is 0. The minimum atomic E-state index is -0.393. The van der Waals surface area contributed by atoms with Gasteiger partial charge < -0.3 is 0 Å². The van der Waals surface area contributed by atoms with Crippen molar-refractivity contribution in [3.8, 4) is 0 Å². The molecule has 26 heavy (non-hydrogen) atoms. The second-order valence-corrected chi connectivity index (χ2v) is 5.83. The summed E-state index contributed by atoms with van der Waals surface area (Å²) in [7, 11) is 0. The number of benzene rings is 3. The number of hydrogen-bond donors (Lipinski definition) is 0. The predicted molar refractivity (Wildman–Crippen MR) is 104 cm³/mol. The maximum Gasteiger partial charge on any atom is 0.206 e. The zero-order valence-electron chi connectivity index (χ0n) is 14.3. The molecule has 0 fully saturated rings. The van der Waals surface area contributed by atoms with Crippen LogP contribution in [0.5, 0.6) is 0 Å². The fraction of sp³-hybridized carbons (Fsp3) is 0.0435. The first-order chi connectivity index (χ1) is 12.7. The highest BCUT2D eigenvalue weighted by Crippen LogP contribution is 2.20. The molecule has 3 rings (SSSR count). The molecule has 0 N–H and O–H groups in total. The Morgan fingerprint density at radius 2 is 1.31 bits per heavy atom. The Balaban J connectivity index is 2.12. The molecule has 126 valence electrons. The summed E-state index contributed by atoms with van der Waals surface area (Å²) in [4.78, 5) is 29.2. The molecule has 0 bridgehead atoms. The number of aliphatic imine (C=N–C) groups is 1. The van der Waals surface area contributed by atoms with Crippen molar-refractivity contribution in [3.63, 3.8) is 0 Å². The Labute approximate surface area is 152 Å². The lowest BCUT2D eigenvalue weighted by Crippen LogP contribution is -2.15. The Hall–Kier alpha value is -3.55. The summed E-state index contributed by atoms with van der Waals surface area (Å²) in [5.41, 5.74) is 3.13. The Bertz CT molecular complexity index is 981. The van der Waals surface area contributed by atoms with Crippen molar-refractivity contribution in [1.82, 2.24) is 0 Å². The summed E-state index contributed by atoms with van der Waals surface area (Å²) in [5.74, 6) is 1.42. The van der Waals surface area contributed by atoms with E-state index < -0.39 is 5.78 Å². The first-order valence-electron chi connectivity index (χ1n) is 8.25. The monoisotopic (exact) mass is 339 g/mol. The van der Waals surface area contributed by atoms with E-state index in [0.29, 0.717) is 22.5 Å². The molecule has 0 aliphatic rings. The largest absolute Gasteiger partial charge is 0.288 e. The van der Waals surface area contributed by atoms with Gasteiger partial charge in [0.05, 0.1) is 11.4 Å².